The lowest BCUT2D eigenvalue weighted by Crippen LogP contribution is -2.13. The highest BCUT2D eigenvalue weighted by Crippen LogP contribution is 2.20. The second-order valence-corrected chi connectivity index (χ2v) is 7.48. The molecule has 26 heavy (non-hydrogen) atoms. The van der Waals surface area contributed by atoms with Crippen molar-refractivity contribution in [1.29, 1.82) is 0 Å². The largest absolute Gasteiger partial charge is 0.412 e. The molecule has 0 radical (unpaired) electrons. The molecule has 1 aromatic carbocycles. The van der Waals surface area contributed by atoms with E-state index in [2.05, 4.69) is 15.0 Å². The van der Waals surface area contributed by atoms with Gasteiger partial charge in [-0.15, -0.1) is 0 Å². The van der Waals surface area contributed by atoms with E-state index in [4.69, 9.17) is 11.6 Å². The van der Waals surface area contributed by atoms with Crippen LogP contribution in [0.1, 0.15) is 5.69 Å². The summed E-state index contributed by atoms with van der Waals surface area (Å²) in [5.74, 6) is 1.57. The quantitative estimate of drug-likeness (QED) is 0.668. The third kappa shape index (κ3) is 4.85. The molecule has 0 amide bonds. The summed E-state index contributed by atoms with van der Waals surface area (Å²) >= 11 is 5.89. The SMILES string of the molecule is CN(C)c1cc(CS(=O)c2ccc(Cl)cc2)nc(-c2ccccn2)n1.O. The minimum Gasteiger partial charge on any atom is -0.412 e. The van der Waals surface area contributed by atoms with Crippen LogP contribution in [0.15, 0.2) is 59.6 Å². The molecule has 1 unspecified atom stereocenters. The highest BCUT2D eigenvalue weighted by molar-refractivity contribution is 7.84. The van der Waals surface area contributed by atoms with Crippen molar-refractivity contribution in [3.05, 3.63) is 65.4 Å². The molecule has 2 aromatic heterocycles. The van der Waals surface area contributed by atoms with Crippen molar-refractivity contribution in [2.75, 3.05) is 19.0 Å². The van der Waals surface area contributed by atoms with Crippen molar-refractivity contribution in [3.63, 3.8) is 0 Å². The Kier molecular flexibility index (Phi) is 6.79. The van der Waals surface area contributed by atoms with Crippen LogP contribution < -0.4 is 4.90 Å². The van der Waals surface area contributed by atoms with Gasteiger partial charge in [0, 0.05) is 36.3 Å². The maximum atomic E-state index is 12.6. The Morgan fingerprint density at radius 2 is 1.81 bits per heavy atom. The first-order valence-corrected chi connectivity index (χ1v) is 9.33. The summed E-state index contributed by atoms with van der Waals surface area (Å²) in [5.41, 5.74) is 1.39. The van der Waals surface area contributed by atoms with Gasteiger partial charge in [-0.25, -0.2) is 9.97 Å². The lowest BCUT2D eigenvalue weighted by Gasteiger charge is -2.14. The third-order valence-corrected chi connectivity index (χ3v) is 5.08. The highest BCUT2D eigenvalue weighted by Gasteiger charge is 2.12. The number of halogens is 1. The second-order valence-electron chi connectivity index (χ2n) is 5.59. The highest BCUT2D eigenvalue weighted by atomic mass is 35.5. The van der Waals surface area contributed by atoms with Crippen LogP contribution in [0, 0.1) is 0 Å². The fourth-order valence-electron chi connectivity index (χ4n) is 2.20. The summed E-state index contributed by atoms with van der Waals surface area (Å²) in [4.78, 5) is 16.0. The zero-order valence-electron chi connectivity index (χ0n) is 14.4. The van der Waals surface area contributed by atoms with E-state index < -0.39 is 10.8 Å². The Balaban J connectivity index is 0.00000243. The summed E-state index contributed by atoms with van der Waals surface area (Å²) in [6.07, 6.45) is 1.70. The van der Waals surface area contributed by atoms with Crippen LogP contribution in [0.25, 0.3) is 11.5 Å². The topological polar surface area (TPSA) is 90.5 Å². The molecule has 0 aliphatic carbocycles. The number of benzene rings is 1. The second kappa shape index (κ2) is 8.84. The molecule has 0 saturated carbocycles. The van der Waals surface area contributed by atoms with Crippen molar-refractivity contribution in [1.82, 2.24) is 15.0 Å². The minimum atomic E-state index is -1.22. The van der Waals surface area contributed by atoms with E-state index in [9.17, 15) is 4.21 Å². The fraction of sp³-hybridized carbons (Fsp3) is 0.167. The molecule has 2 heterocycles. The first-order valence-electron chi connectivity index (χ1n) is 7.63. The number of pyridine rings is 1. The Labute approximate surface area is 159 Å². The molecular formula is C18H19ClN4O2S. The Morgan fingerprint density at radius 3 is 2.42 bits per heavy atom. The van der Waals surface area contributed by atoms with Crippen LogP contribution in [0.4, 0.5) is 5.82 Å². The fourth-order valence-corrected chi connectivity index (χ4v) is 3.35. The van der Waals surface area contributed by atoms with Gasteiger partial charge in [0.2, 0.25) is 0 Å². The summed E-state index contributed by atoms with van der Waals surface area (Å²) < 4.78 is 12.6. The molecule has 6 nitrogen and oxygen atoms in total. The van der Waals surface area contributed by atoms with Gasteiger partial charge < -0.3 is 10.4 Å². The van der Waals surface area contributed by atoms with Crippen molar-refractivity contribution < 1.29 is 9.69 Å². The van der Waals surface area contributed by atoms with Crippen LogP contribution in [0.3, 0.4) is 0 Å². The zero-order chi connectivity index (χ0) is 17.8. The van der Waals surface area contributed by atoms with Crippen molar-refractivity contribution in [2.45, 2.75) is 10.6 Å². The Bertz CT molecular complexity index is 889. The van der Waals surface area contributed by atoms with E-state index >= 15 is 0 Å². The Hall–Kier alpha value is -2.35. The lowest BCUT2D eigenvalue weighted by atomic mass is 10.3. The predicted octanol–water partition coefficient (Wildman–Crippen LogP) is 2.74. The van der Waals surface area contributed by atoms with Gasteiger partial charge in [-0.3, -0.25) is 9.19 Å². The molecule has 0 spiro atoms. The molecular weight excluding hydrogens is 372 g/mol. The van der Waals surface area contributed by atoms with E-state index in [1.54, 1.807) is 30.5 Å². The number of aromatic nitrogens is 3. The Morgan fingerprint density at radius 1 is 1.08 bits per heavy atom. The molecule has 0 fully saturated rings. The number of hydrogen-bond acceptors (Lipinski definition) is 5. The molecule has 3 rings (SSSR count). The van der Waals surface area contributed by atoms with Gasteiger partial charge in [0.05, 0.1) is 22.2 Å². The first kappa shape index (κ1) is 20.0. The molecule has 0 saturated heterocycles. The van der Waals surface area contributed by atoms with Crippen molar-refractivity contribution in [2.24, 2.45) is 0 Å². The van der Waals surface area contributed by atoms with Crippen LogP contribution in [0.5, 0.6) is 0 Å². The van der Waals surface area contributed by atoms with Crippen LogP contribution in [-0.4, -0.2) is 38.7 Å². The number of hydrogen-bond donors (Lipinski definition) is 0. The van der Waals surface area contributed by atoms with Gasteiger partial charge in [0.15, 0.2) is 5.82 Å². The molecule has 8 heteroatoms. The van der Waals surface area contributed by atoms with Crippen molar-refractivity contribution in [3.8, 4) is 11.5 Å². The molecule has 0 bridgehead atoms. The zero-order valence-corrected chi connectivity index (χ0v) is 16.0. The van der Waals surface area contributed by atoms with E-state index in [0.29, 0.717) is 32.9 Å². The maximum Gasteiger partial charge on any atom is 0.180 e. The maximum absolute atomic E-state index is 12.6. The van der Waals surface area contributed by atoms with Gasteiger partial charge >= 0.3 is 0 Å². The average molecular weight is 391 g/mol. The smallest absolute Gasteiger partial charge is 0.180 e. The molecule has 3 aromatic rings. The predicted molar refractivity (Wildman–Crippen MR) is 105 cm³/mol. The van der Waals surface area contributed by atoms with Gasteiger partial charge in [-0.2, -0.15) is 0 Å². The van der Waals surface area contributed by atoms with Gasteiger partial charge in [0.25, 0.3) is 0 Å². The van der Waals surface area contributed by atoms with Crippen molar-refractivity contribution >= 4 is 28.2 Å². The summed E-state index contributed by atoms with van der Waals surface area (Å²) in [7, 11) is 2.60. The summed E-state index contributed by atoms with van der Waals surface area (Å²) in [6, 6.07) is 14.4. The molecule has 0 aliphatic heterocycles. The molecule has 0 aliphatic rings. The number of rotatable bonds is 5. The van der Waals surface area contributed by atoms with E-state index in [-0.39, 0.29) is 5.48 Å². The number of anilines is 1. The van der Waals surface area contributed by atoms with Gasteiger partial charge in [0.1, 0.15) is 11.5 Å². The van der Waals surface area contributed by atoms with Crippen LogP contribution >= 0.6 is 11.6 Å². The monoisotopic (exact) mass is 390 g/mol. The van der Waals surface area contributed by atoms with Gasteiger partial charge in [-0.1, -0.05) is 17.7 Å². The van der Waals surface area contributed by atoms with Crippen LogP contribution in [-0.2, 0) is 16.6 Å². The number of nitrogens with zero attached hydrogens (tertiary/aromatic N) is 4. The van der Waals surface area contributed by atoms with Gasteiger partial charge in [-0.05, 0) is 36.4 Å². The van der Waals surface area contributed by atoms with E-state index in [1.807, 2.05) is 43.3 Å². The average Bonchev–Trinajstić information content (AvgIpc) is 2.62. The minimum absolute atomic E-state index is 0. The summed E-state index contributed by atoms with van der Waals surface area (Å²) in [5, 5.41) is 0.620. The lowest BCUT2D eigenvalue weighted by molar-refractivity contribution is 0.682. The third-order valence-electron chi connectivity index (χ3n) is 3.47. The van der Waals surface area contributed by atoms with E-state index in [1.165, 1.54) is 0 Å². The first-order chi connectivity index (χ1) is 12.0. The molecule has 136 valence electrons. The molecule has 2 N–H and O–H groups in total. The van der Waals surface area contributed by atoms with E-state index in [0.717, 1.165) is 5.82 Å². The molecule has 1 atom stereocenters. The summed E-state index contributed by atoms with van der Waals surface area (Å²) in [6.45, 7) is 0. The van der Waals surface area contributed by atoms with Crippen LogP contribution in [0.2, 0.25) is 5.02 Å². The standard InChI is InChI=1S/C18H17ClN4OS.H2O/c1-23(2)17-11-14(12-25(24)15-8-6-13(19)7-9-15)21-18(22-17)16-5-3-4-10-20-16;/h3-11H,12H2,1-2H3;1H2. The normalized spacial score (nSPS) is 11.5.